The van der Waals surface area contributed by atoms with Crippen LogP contribution < -0.4 is 10.9 Å². The van der Waals surface area contributed by atoms with Crippen LogP contribution in [0.3, 0.4) is 0 Å². The van der Waals surface area contributed by atoms with Gasteiger partial charge in [0.25, 0.3) is 0 Å². The Balaban J connectivity index is 1.50. The van der Waals surface area contributed by atoms with Crippen LogP contribution in [0.2, 0.25) is 5.02 Å². The lowest BCUT2D eigenvalue weighted by molar-refractivity contribution is -0.120. The second-order valence-corrected chi connectivity index (χ2v) is 8.32. The molecule has 0 bridgehead atoms. The Morgan fingerprint density at radius 3 is 2.52 bits per heavy atom. The predicted molar refractivity (Wildman–Crippen MR) is 118 cm³/mol. The largest absolute Gasteiger partial charge is 0.504 e. The highest BCUT2D eigenvalue weighted by Gasteiger charge is 2.18. The zero-order chi connectivity index (χ0) is 21.8. The van der Waals surface area contributed by atoms with Gasteiger partial charge in [-0.2, -0.15) is 0 Å². The van der Waals surface area contributed by atoms with Crippen LogP contribution in [-0.2, 0) is 28.9 Å². The molecular weight excluding hydrogens is 418 g/mol. The molecule has 1 aliphatic heterocycles. The molecule has 1 fully saturated rings. The van der Waals surface area contributed by atoms with Crippen molar-refractivity contribution < 1.29 is 19.1 Å². The summed E-state index contributed by atoms with van der Waals surface area (Å²) in [5, 5.41) is 14.8. The topological polar surface area (TPSA) is 88.8 Å². The molecule has 0 saturated carbocycles. The quantitative estimate of drug-likeness (QED) is 0.604. The second-order valence-electron chi connectivity index (χ2n) is 7.88. The molecule has 0 radical (unpaired) electrons. The summed E-state index contributed by atoms with van der Waals surface area (Å²) in [4.78, 5) is 24.8. The molecule has 2 N–H and O–H groups in total. The van der Waals surface area contributed by atoms with Crippen molar-refractivity contribution >= 4 is 28.3 Å². The Kier molecular flexibility index (Phi) is 6.59. The molecule has 162 valence electrons. The van der Waals surface area contributed by atoms with E-state index in [1.807, 2.05) is 24.3 Å². The van der Waals surface area contributed by atoms with Gasteiger partial charge in [-0.15, -0.1) is 0 Å². The zero-order valence-electron chi connectivity index (χ0n) is 17.0. The first-order valence-corrected chi connectivity index (χ1v) is 10.7. The third-order valence-corrected chi connectivity index (χ3v) is 5.88. The van der Waals surface area contributed by atoms with E-state index in [1.54, 1.807) is 18.2 Å². The van der Waals surface area contributed by atoms with Crippen LogP contribution in [0.5, 0.6) is 5.75 Å². The fourth-order valence-corrected chi connectivity index (χ4v) is 4.00. The number of nitrogens with one attached hydrogen (secondary N) is 1. The summed E-state index contributed by atoms with van der Waals surface area (Å²) in [7, 11) is 0. The minimum Gasteiger partial charge on any atom is -0.504 e. The number of fused-ring (bicyclic) bond motifs is 1. The molecule has 4 rings (SSSR count). The van der Waals surface area contributed by atoms with Crippen LogP contribution in [0.1, 0.15) is 29.7 Å². The van der Waals surface area contributed by atoms with E-state index in [0.717, 1.165) is 43.6 Å². The monoisotopic (exact) mass is 441 g/mol. The Labute approximate surface area is 184 Å². The van der Waals surface area contributed by atoms with Gasteiger partial charge in [-0.05, 0) is 60.6 Å². The lowest BCUT2D eigenvalue weighted by atomic mass is 9.91. The number of ether oxygens (including phenoxy) is 1. The van der Waals surface area contributed by atoms with Gasteiger partial charge in [0.1, 0.15) is 0 Å². The van der Waals surface area contributed by atoms with Gasteiger partial charge in [0.05, 0.1) is 11.8 Å². The van der Waals surface area contributed by atoms with E-state index in [1.165, 1.54) is 0 Å². The SMILES string of the molecule is O=C(Cc1oc(=O)c2ccc(CC3CCOCC3)cc2c1O)NCc1ccc(Cl)cc1. The first-order chi connectivity index (χ1) is 15.0. The lowest BCUT2D eigenvalue weighted by Gasteiger charge is -2.22. The fourth-order valence-electron chi connectivity index (χ4n) is 3.87. The highest BCUT2D eigenvalue weighted by atomic mass is 35.5. The van der Waals surface area contributed by atoms with Crippen molar-refractivity contribution in [2.75, 3.05) is 13.2 Å². The molecule has 0 spiro atoms. The normalized spacial score (nSPS) is 14.6. The molecule has 0 atom stereocenters. The average Bonchev–Trinajstić information content (AvgIpc) is 2.77. The number of benzene rings is 2. The van der Waals surface area contributed by atoms with Crippen molar-refractivity contribution in [1.82, 2.24) is 5.32 Å². The first kappa shape index (κ1) is 21.4. The number of halogens is 1. The Bertz CT molecular complexity index is 1130. The van der Waals surface area contributed by atoms with E-state index in [9.17, 15) is 14.7 Å². The summed E-state index contributed by atoms with van der Waals surface area (Å²) in [6.07, 6.45) is 2.63. The van der Waals surface area contributed by atoms with Crippen molar-refractivity contribution in [1.29, 1.82) is 0 Å². The standard InChI is InChI=1S/C24H24ClNO5/c25-18-4-1-16(2-5-18)14-26-22(27)13-21-23(28)20-12-17(3-6-19(20)24(29)31-21)11-15-7-9-30-10-8-15/h1-6,12,15,28H,7-11,13-14H2,(H,26,27). The molecule has 2 aromatic carbocycles. The van der Waals surface area contributed by atoms with Crippen LogP contribution in [0.25, 0.3) is 10.8 Å². The molecule has 3 aromatic rings. The van der Waals surface area contributed by atoms with E-state index in [-0.39, 0.29) is 23.8 Å². The maximum atomic E-state index is 12.4. The molecule has 1 saturated heterocycles. The van der Waals surface area contributed by atoms with Gasteiger partial charge in [-0.1, -0.05) is 29.8 Å². The van der Waals surface area contributed by atoms with Crippen LogP contribution in [-0.4, -0.2) is 24.2 Å². The number of amides is 1. The molecule has 31 heavy (non-hydrogen) atoms. The molecule has 2 heterocycles. The number of carbonyl (C=O) groups excluding carboxylic acids is 1. The van der Waals surface area contributed by atoms with Crippen molar-refractivity contribution in [2.24, 2.45) is 5.92 Å². The minimum absolute atomic E-state index is 0.0330. The fraction of sp³-hybridized carbons (Fsp3) is 0.333. The summed E-state index contributed by atoms with van der Waals surface area (Å²) in [5.74, 6) is -0.0305. The van der Waals surface area contributed by atoms with E-state index in [4.69, 9.17) is 20.8 Å². The molecule has 0 unspecified atom stereocenters. The molecule has 1 amide bonds. The van der Waals surface area contributed by atoms with Crippen LogP contribution in [0.15, 0.2) is 51.7 Å². The number of hydrogen-bond donors (Lipinski definition) is 2. The van der Waals surface area contributed by atoms with E-state index < -0.39 is 5.63 Å². The van der Waals surface area contributed by atoms with Gasteiger partial charge >= 0.3 is 5.63 Å². The second kappa shape index (κ2) is 9.54. The molecule has 1 aromatic heterocycles. The lowest BCUT2D eigenvalue weighted by Crippen LogP contribution is -2.25. The Morgan fingerprint density at radius 1 is 1.06 bits per heavy atom. The Morgan fingerprint density at radius 2 is 1.77 bits per heavy atom. The van der Waals surface area contributed by atoms with Gasteiger partial charge < -0.3 is 19.6 Å². The third kappa shape index (κ3) is 5.27. The van der Waals surface area contributed by atoms with E-state index >= 15 is 0 Å². The first-order valence-electron chi connectivity index (χ1n) is 10.4. The molecule has 1 aliphatic rings. The summed E-state index contributed by atoms with van der Waals surface area (Å²) in [6, 6.07) is 12.5. The van der Waals surface area contributed by atoms with Gasteiger partial charge in [0.2, 0.25) is 5.91 Å². The Hall–Kier alpha value is -2.83. The zero-order valence-corrected chi connectivity index (χ0v) is 17.8. The summed E-state index contributed by atoms with van der Waals surface area (Å²) >= 11 is 5.86. The van der Waals surface area contributed by atoms with Gasteiger partial charge in [-0.25, -0.2) is 4.79 Å². The summed E-state index contributed by atoms with van der Waals surface area (Å²) in [6.45, 7) is 1.84. The van der Waals surface area contributed by atoms with Gasteiger partial charge in [0, 0.05) is 30.2 Å². The summed E-state index contributed by atoms with van der Waals surface area (Å²) in [5.41, 5.74) is 1.36. The molecule has 0 aliphatic carbocycles. The van der Waals surface area contributed by atoms with Crippen LogP contribution >= 0.6 is 11.6 Å². The van der Waals surface area contributed by atoms with Crippen molar-refractivity contribution in [3.63, 3.8) is 0 Å². The van der Waals surface area contributed by atoms with E-state index in [2.05, 4.69) is 5.32 Å². The average molecular weight is 442 g/mol. The van der Waals surface area contributed by atoms with Crippen LogP contribution in [0.4, 0.5) is 0 Å². The number of hydrogen-bond acceptors (Lipinski definition) is 5. The van der Waals surface area contributed by atoms with E-state index in [0.29, 0.717) is 28.3 Å². The number of carbonyl (C=O) groups is 1. The molecular formula is C24H24ClNO5. The third-order valence-electron chi connectivity index (χ3n) is 5.63. The number of aromatic hydroxyl groups is 1. The summed E-state index contributed by atoms with van der Waals surface area (Å²) < 4.78 is 10.7. The van der Waals surface area contributed by atoms with Crippen molar-refractivity contribution in [2.45, 2.75) is 32.2 Å². The molecule has 7 heteroatoms. The maximum Gasteiger partial charge on any atom is 0.344 e. The van der Waals surface area contributed by atoms with Crippen molar-refractivity contribution in [3.05, 3.63) is 74.8 Å². The predicted octanol–water partition coefficient (Wildman–Crippen LogP) is 3.98. The number of rotatable bonds is 6. The van der Waals surface area contributed by atoms with Crippen LogP contribution in [0, 0.1) is 5.92 Å². The van der Waals surface area contributed by atoms with Gasteiger partial charge in [-0.3, -0.25) is 4.79 Å². The highest BCUT2D eigenvalue weighted by Crippen LogP contribution is 2.29. The van der Waals surface area contributed by atoms with Crippen molar-refractivity contribution in [3.8, 4) is 5.75 Å². The minimum atomic E-state index is -0.564. The highest BCUT2D eigenvalue weighted by molar-refractivity contribution is 6.30. The smallest absolute Gasteiger partial charge is 0.344 e. The van der Waals surface area contributed by atoms with Gasteiger partial charge in [0.15, 0.2) is 11.5 Å². The molecule has 6 nitrogen and oxygen atoms in total. The maximum absolute atomic E-state index is 12.4.